The molecule has 0 atom stereocenters. The number of rotatable bonds is 7. The first-order valence-corrected chi connectivity index (χ1v) is 10.5. The van der Waals surface area contributed by atoms with E-state index in [4.69, 9.17) is 4.52 Å². The lowest BCUT2D eigenvalue weighted by Gasteiger charge is -2.30. The minimum absolute atomic E-state index is 0.0482. The highest BCUT2D eigenvalue weighted by molar-refractivity contribution is 6.01. The fourth-order valence-corrected chi connectivity index (χ4v) is 4.23. The Morgan fingerprint density at radius 1 is 1.28 bits per heavy atom. The Balaban J connectivity index is 1.86. The number of nitrogens with zero attached hydrogens (tertiary/aromatic N) is 4. The van der Waals surface area contributed by atoms with Gasteiger partial charge in [-0.3, -0.25) is 9.59 Å². The molecule has 29 heavy (non-hydrogen) atoms. The Hall–Kier alpha value is -2.44. The van der Waals surface area contributed by atoms with Crippen molar-refractivity contribution in [2.24, 2.45) is 5.41 Å². The fraction of sp³-hybridized carbons (Fsp3) is 0.636. The van der Waals surface area contributed by atoms with Gasteiger partial charge in [-0.2, -0.15) is 4.98 Å². The van der Waals surface area contributed by atoms with Crippen LogP contribution in [0.15, 0.2) is 4.52 Å². The van der Waals surface area contributed by atoms with E-state index in [0.717, 1.165) is 41.9 Å². The van der Waals surface area contributed by atoms with E-state index in [1.54, 1.807) is 11.9 Å². The zero-order chi connectivity index (χ0) is 21.3. The molecular formula is C22H32N4O3. The lowest BCUT2D eigenvalue weighted by molar-refractivity contribution is -0.130. The van der Waals surface area contributed by atoms with Gasteiger partial charge in [-0.05, 0) is 30.7 Å². The molecule has 1 aliphatic rings. The largest absolute Gasteiger partial charge is 0.348 e. The molecule has 0 saturated heterocycles. The summed E-state index contributed by atoms with van der Waals surface area (Å²) < 4.78 is 7.46. The van der Waals surface area contributed by atoms with Crippen LogP contribution >= 0.6 is 0 Å². The molecule has 0 unspecified atom stereocenters. The minimum atomic E-state index is -0.0570. The molecule has 0 fully saturated rings. The number of fused-ring (bicyclic) bond motifs is 1. The number of amides is 1. The monoisotopic (exact) mass is 400 g/mol. The molecule has 7 heteroatoms. The van der Waals surface area contributed by atoms with E-state index in [1.807, 2.05) is 13.8 Å². The Bertz CT molecular complexity index is 923. The third kappa shape index (κ3) is 4.28. The van der Waals surface area contributed by atoms with Crippen molar-refractivity contribution >= 4 is 11.7 Å². The van der Waals surface area contributed by atoms with Crippen LogP contribution in [0.4, 0.5) is 0 Å². The molecule has 0 N–H and O–H groups in total. The predicted molar refractivity (Wildman–Crippen MR) is 110 cm³/mol. The molecule has 0 bridgehead atoms. The maximum absolute atomic E-state index is 13.0. The van der Waals surface area contributed by atoms with Crippen LogP contribution in [0.2, 0.25) is 0 Å². The zero-order valence-electron chi connectivity index (χ0n) is 18.5. The number of carbonyl (C=O) groups excluding carboxylic acids is 2. The van der Waals surface area contributed by atoms with Crippen LogP contribution in [0.25, 0.3) is 0 Å². The van der Waals surface area contributed by atoms with E-state index in [9.17, 15) is 9.59 Å². The Kier molecular flexibility index (Phi) is 5.96. The first kappa shape index (κ1) is 21.3. The van der Waals surface area contributed by atoms with Crippen LogP contribution in [-0.4, -0.2) is 38.3 Å². The van der Waals surface area contributed by atoms with Gasteiger partial charge in [0.05, 0.1) is 13.0 Å². The molecule has 0 aliphatic heterocycles. The molecule has 2 aromatic rings. The van der Waals surface area contributed by atoms with E-state index in [-0.39, 0.29) is 30.1 Å². The number of aryl methyl sites for hydroxylation is 1. The normalized spacial score (nSPS) is 15.4. The van der Waals surface area contributed by atoms with Crippen molar-refractivity contribution < 1.29 is 14.1 Å². The van der Waals surface area contributed by atoms with Gasteiger partial charge in [0.1, 0.15) is 0 Å². The number of hydrogen-bond acceptors (Lipinski definition) is 5. The lowest BCUT2D eigenvalue weighted by Crippen LogP contribution is -2.30. The maximum Gasteiger partial charge on any atom is 0.246 e. The first-order chi connectivity index (χ1) is 13.7. The van der Waals surface area contributed by atoms with E-state index in [2.05, 4.69) is 35.5 Å². The highest BCUT2D eigenvalue weighted by Crippen LogP contribution is 2.39. The summed E-state index contributed by atoms with van der Waals surface area (Å²) >= 11 is 0. The Morgan fingerprint density at radius 2 is 2.00 bits per heavy atom. The quantitative estimate of drug-likeness (QED) is 0.710. The van der Waals surface area contributed by atoms with E-state index in [0.29, 0.717) is 24.6 Å². The number of ketones is 1. The Labute approximate surface area is 172 Å². The topological polar surface area (TPSA) is 81.2 Å². The summed E-state index contributed by atoms with van der Waals surface area (Å²) in [5.41, 5.74) is 3.75. The van der Waals surface area contributed by atoms with Crippen molar-refractivity contribution in [2.75, 3.05) is 7.05 Å². The van der Waals surface area contributed by atoms with Crippen LogP contribution in [0, 0.1) is 12.3 Å². The standard InChI is InChI=1S/C22H32N4O3/c1-7-9-26-14(3)15(21-16(26)11-22(4,5)12-17(21)27)10-20(28)25(6)13-19-23-18(8-2)24-29-19/h7-13H2,1-6H3. The maximum atomic E-state index is 13.0. The summed E-state index contributed by atoms with van der Waals surface area (Å²) in [7, 11) is 1.73. The number of hydrogen-bond donors (Lipinski definition) is 0. The van der Waals surface area contributed by atoms with Crippen LogP contribution in [0.5, 0.6) is 0 Å². The van der Waals surface area contributed by atoms with Crippen molar-refractivity contribution in [1.29, 1.82) is 0 Å². The molecule has 2 heterocycles. The van der Waals surface area contributed by atoms with Crippen LogP contribution < -0.4 is 0 Å². The molecule has 0 spiro atoms. The summed E-state index contributed by atoms with van der Waals surface area (Å²) in [4.78, 5) is 31.8. The van der Waals surface area contributed by atoms with Gasteiger partial charge in [0, 0.05) is 43.4 Å². The molecular weight excluding hydrogens is 368 g/mol. The molecule has 7 nitrogen and oxygen atoms in total. The second kappa shape index (κ2) is 8.13. The summed E-state index contributed by atoms with van der Waals surface area (Å²) in [6, 6.07) is 0. The minimum Gasteiger partial charge on any atom is -0.348 e. The summed E-state index contributed by atoms with van der Waals surface area (Å²) in [6.45, 7) is 11.5. The SMILES string of the molecule is CCCn1c(C)c(CC(=O)N(C)Cc2nc(CC)no2)c2c1CC(C)(C)CC2=O. The average molecular weight is 401 g/mol. The number of carbonyl (C=O) groups is 2. The van der Waals surface area contributed by atoms with Gasteiger partial charge in [-0.25, -0.2) is 0 Å². The van der Waals surface area contributed by atoms with Crippen molar-refractivity contribution in [3.63, 3.8) is 0 Å². The van der Waals surface area contributed by atoms with Crippen molar-refractivity contribution in [1.82, 2.24) is 19.6 Å². The van der Waals surface area contributed by atoms with Gasteiger partial charge in [-0.15, -0.1) is 0 Å². The van der Waals surface area contributed by atoms with Crippen molar-refractivity contribution in [2.45, 2.75) is 79.8 Å². The first-order valence-electron chi connectivity index (χ1n) is 10.5. The van der Waals surface area contributed by atoms with Crippen molar-refractivity contribution in [3.8, 4) is 0 Å². The third-order valence-electron chi connectivity index (χ3n) is 5.72. The average Bonchev–Trinajstić information content (AvgIpc) is 3.19. The highest BCUT2D eigenvalue weighted by Gasteiger charge is 2.37. The lowest BCUT2D eigenvalue weighted by atomic mass is 9.75. The molecule has 2 aromatic heterocycles. The molecule has 0 radical (unpaired) electrons. The van der Waals surface area contributed by atoms with Gasteiger partial charge in [0.2, 0.25) is 11.8 Å². The van der Waals surface area contributed by atoms with Crippen molar-refractivity contribution in [3.05, 3.63) is 34.2 Å². The highest BCUT2D eigenvalue weighted by atomic mass is 16.5. The van der Waals surface area contributed by atoms with E-state index in [1.165, 1.54) is 0 Å². The number of aromatic nitrogens is 3. The molecule has 0 saturated carbocycles. The summed E-state index contributed by atoms with van der Waals surface area (Å²) in [6.07, 6.45) is 3.27. The van der Waals surface area contributed by atoms with Gasteiger partial charge >= 0.3 is 0 Å². The third-order valence-corrected chi connectivity index (χ3v) is 5.72. The number of Topliss-reactive ketones (excluding diaryl/α,β-unsaturated/α-hetero) is 1. The van der Waals surface area contributed by atoms with Gasteiger partial charge in [0.25, 0.3) is 0 Å². The fourth-order valence-electron chi connectivity index (χ4n) is 4.23. The van der Waals surface area contributed by atoms with E-state index >= 15 is 0 Å². The van der Waals surface area contributed by atoms with Crippen LogP contribution in [0.1, 0.15) is 79.6 Å². The molecule has 3 rings (SSSR count). The molecule has 1 amide bonds. The smallest absolute Gasteiger partial charge is 0.246 e. The predicted octanol–water partition coefficient (Wildman–Crippen LogP) is 3.51. The zero-order valence-corrected chi connectivity index (χ0v) is 18.5. The molecule has 0 aromatic carbocycles. The van der Waals surface area contributed by atoms with Gasteiger partial charge in [-0.1, -0.05) is 32.9 Å². The van der Waals surface area contributed by atoms with Crippen LogP contribution in [0.3, 0.4) is 0 Å². The van der Waals surface area contributed by atoms with E-state index < -0.39 is 0 Å². The van der Waals surface area contributed by atoms with Gasteiger partial charge < -0.3 is 14.0 Å². The second-order valence-corrected chi connectivity index (χ2v) is 8.86. The molecule has 158 valence electrons. The summed E-state index contributed by atoms with van der Waals surface area (Å²) in [5, 5.41) is 3.88. The van der Waals surface area contributed by atoms with Gasteiger partial charge in [0.15, 0.2) is 11.6 Å². The molecule has 1 aliphatic carbocycles. The number of likely N-dealkylation sites (N-methyl/N-ethyl adjacent to an activating group) is 1. The van der Waals surface area contributed by atoms with Crippen LogP contribution in [-0.2, 0) is 37.1 Å². The Morgan fingerprint density at radius 3 is 2.62 bits per heavy atom. The summed E-state index contributed by atoms with van der Waals surface area (Å²) in [5.74, 6) is 1.16. The second-order valence-electron chi connectivity index (χ2n) is 8.86.